The van der Waals surface area contributed by atoms with Gasteiger partial charge < -0.3 is 17.7 Å². The molecule has 0 bridgehead atoms. The molecule has 0 fully saturated rings. The first-order chi connectivity index (χ1) is 6.86. The Hall–Kier alpha value is 0.471. The fourth-order valence-electron chi connectivity index (χ4n) is 1.01. The van der Waals surface area contributed by atoms with E-state index in [1.54, 1.807) is 0 Å². The molecule has 2 nitrogen and oxygen atoms in total. The summed E-state index contributed by atoms with van der Waals surface area (Å²) in [6.07, 6.45) is 0. The number of ether oxygens (including phenoxy) is 1. The van der Waals surface area contributed by atoms with Crippen LogP contribution in [0.15, 0.2) is 18.2 Å². The summed E-state index contributed by atoms with van der Waals surface area (Å²) in [6, 6.07) is 2.54. The predicted molar refractivity (Wildman–Crippen MR) is 51.5 cm³/mol. The standard InChI is InChI=1S/C8H6BClF3O2.K/c1-15-8(14)6-4-5(9(11,12)13)2-3-7(6)10;/h2-4H,1H3;/q-1;+1. The molecule has 0 aliphatic heterocycles. The van der Waals surface area contributed by atoms with Crippen molar-refractivity contribution in [3.05, 3.63) is 28.8 Å². The third kappa shape index (κ3) is 4.05. The van der Waals surface area contributed by atoms with Crippen molar-refractivity contribution in [1.82, 2.24) is 0 Å². The quantitative estimate of drug-likeness (QED) is 0.521. The van der Waals surface area contributed by atoms with Crippen LogP contribution in [0.25, 0.3) is 0 Å². The van der Waals surface area contributed by atoms with Gasteiger partial charge in [-0.2, -0.15) is 0 Å². The van der Waals surface area contributed by atoms with Gasteiger partial charge >= 0.3 is 64.3 Å². The van der Waals surface area contributed by atoms with Gasteiger partial charge in [-0.15, -0.1) is 5.46 Å². The summed E-state index contributed by atoms with van der Waals surface area (Å²) >= 11 is 5.56. The minimum absolute atomic E-state index is 0. The van der Waals surface area contributed by atoms with Crippen LogP contribution in [0.3, 0.4) is 0 Å². The maximum atomic E-state index is 12.3. The van der Waals surface area contributed by atoms with Crippen LogP contribution < -0.4 is 56.8 Å². The van der Waals surface area contributed by atoms with E-state index in [0.717, 1.165) is 19.2 Å². The van der Waals surface area contributed by atoms with Crippen LogP contribution in [0.4, 0.5) is 12.9 Å². The molecule has 0 saturated carbocycles. The first-order valence-corrected chi connectivity index (χ1v) is 4.31. The molecule has 0 amide bonds. The van der Waals surface area contributed by atoms with Crippen molar-refractivity contribution in [1.29, 1.82) is 0 Å². The number of halogens is 4. The second-order valence-electron chi connectivity index (χ2n) is 2.81. The maximum Gasteiger partial charge on any atom is 1.00 e. The Morgan fingerprint density at radius 2 is 1.94 bits per heavy atom. The first-order valence-electron chi connectivity index (χ1n) is 3.94. The molecule has 0 spiro atoms. The molecule has 0 radical (unpaired) electrons. The molecule has 1 aromatic rings. The van der Waals surface area contributed by atoms with E-state index in [-0.39, 0.29) is 62.0 Å². The van der Waals surface area contributed by atoms with E-state index >= 15 is 0 Å². The van der Waals surface area contributed by atoms with Gasteiger partial charge in [0.05, 0.1) is 17.7 Å². The Morgan fingerprint density at radius 3 is 2.38 bits per heavy atom. The SMILES string of the molecule is COC(=O)c1cc([B-](F)(F)F)ccc1Cl.[K+]. The van der Waals surface area contributed by atoms with Gasteiger partial charge in [-0.3, -0.25) is 0 Å². The van der Waals surface area contributed by atoms with E-state index in [2.05, 4.69) is 4.74 Å². The summed E-state index contributed by atoms with van der Waals surface area (Å²) < 4.78 is 41.3. The van der Waals surface area contributed by atoms with Crippen molar-refractivity contribution >= 4 is 30.0 Å². The topological polar surface area (TPSA) is 26.3 Å². The number of carbonyl (C=O) groups excluding carboxylic acids is 1. The summed E-state index contributed by atoms with van der Waals surface area (Å²) in [6.45, 7) is -5.14. The molecule has 0 atom stereocenters. The fraction of sp³-hybridized carbons (Fsp3) is 0.125. The zero-order chi connectivity index (χ0) is 11.6. The number of esters is 1. The van der Waals surface area contributed by atoms with E-state index < -0.39 is 18.4 Å². The van der Waals surface area contributed by atoms with Crippen LogP contribution in [0.2, 0.25) is 5.02 Å². The largest absolute Gasteiger partial charge is 1.00 e. The van der Waals surface area contributed by atoms with Crippen molar-refractivity contribution in [3.63, 3.8) is 0 Å². The smallest absolute Gasteiger partial charge is 0.465 e. The second kappa shape index (κ2) is 6.42. The van der Waals surface area contributed by atoms with Crippen molar-refractivity contribution in [2.75, 3.05) is 7.11 Å². The van der Waals surface area contributed by atoms with E-state index in [0.29, 0.717) is 6.07 Å². The molecule has 0 heterocycles. The van der Waals surface area contributed by atoms with E-state index in [1.165, 1.54) is 0 Å². The van der Waals surface area contributed by atoms with E-state index in [4.69, 9.17) is 11.6 Å². The minimum atomic E-state index is -5.14. The molecule has 1 aromatic carbocycles. The Bertz CT molecular complexity index is 397. The zero-order valence-corrected chi connectivity index (χ0v) is 12.5. The van der Waals surface area contributed by atoms with Gasteiger partial charge in [-0.1, -0.05) is 23.7 Å². The van der Waals surface area contributed by atoms with Gasteiger partial charge in [-0.25, -0.2) is 4.79 Å². The van der Waals surface area contributed by atoms with Gasteiger partial charge in [0.1, 0.15) is 0 Å². The number of methoxy groups -OCH3 is 1. The number of benzene rings is 1. The average molecular weight is 276 g/mol. The normalized spacial score (nSPS) is 10.6. The summed E-state index contributed by atoms with van der Waals surface area (Å²) in [5.74, 6) is -0.887. The molecule has 8 heteroatoms. The molecular weight excluding hydrogens is 270 g/mol. The Labute approximate surface area is 138 Å². The van der Waals surface area contributed by atoms with Gasteiger partial charge in [0.2, 0.25) is 0 Å². The van der Waals surface area contributed by atoms with Crippen LogP contribution in [-0.4, -0.2) is 20.1 Å². The van der Waals surface area contributed by atoms with Crippen molar-refractivity contribution < 1.29 is 73.9 Å². The van der Waals surface area contributed by atoms with Gasteiger partial charge in [0.25, 0.3) is 0 Å². The third-order valence-corrected chi connectivity index (χ3v) is 2.10. The Balaban J connectivity index is 0.00000225. The van der Waals surface area contributed by atoms with Gasteiger partial charge in [-0.05, 0) is 6.07 Å². The molecule has 0 aliphatic rings. The van der Waals surface area contributed by atoms with E-state index in [9.17, 15) is 17.7 Å². The number of hydrogen-bond acceptors (Lipinski definition) is 2. The number of rotatable bonds is 2. The Kier molecular flexibility index (Phi) is 6.61. The summed E-state index contributed by atoms with van der Waals surface area (Å²) in [7, 11) is 1.07. The van der Waals surface area contributed by atoms with Crippen LogP contribution >= 0.6 is 11.6 Å². The average Bonchev–Trinajstić information content (AvgIpc) is 2.15. The number of hydrogen-bond donors (Lipinski definition) is 0. The summed E-state index contributed by atoms with van der Waals surface area (Å²) in [5, 5.41) is -0.0642. The molecule has 16 heavy (non-hydrogen) atoms. The van der Waals surface area contributed by atoms with Crippen LogP contribution in [0, 0.1) is 0 Å². The van der Waals surface area contributed by atoms with E-state index in [1.807, 2.05) is 0 Å². The predicted octanol–water partition coefficient (Wildman–Crippen LogP) is -0.815. The minimum Gasteiger partial charge on any atom is -0.465 e. The molecule has 1 rings (SSSR count). The van der Waals surface area contributed by atoms with Crippen molar-refractivity contribution in [2.24, 2.45) is 0 Å². The molecule has 0 saturated heterocycles. The van der Waals surface area contributed by atoms with Crippen molar-refractivity contribution in [2.45, 2.75) is 0 Å². The van der Waals surface area contributed by atoms with Gasteiger partial charge in [0, 0.05) is 0 Å². The summed E-state index contributed by atoms with van der Waals surface area (Å²) in [5.41, 5.74) is -1.16. The Morgan fingerprint density at radius 1 is 1.38 bits per heavy atom. The monoisotopic (exact) mass is 276 g/mol. The molecule has 82 valence electrons. The first kappa shape index (κ1) is 16.5. The van der Waals surface area contributed by atoms with Crippen LogP contribution in [-0.2, 0) is 4.74 Å². The maximum absolute atomic E-state index is 12.3. The zero-order valence-electron chi connectivity index (χ0n) is 8.64. The second-order valence-corrected chi connectivity index (χ2v) is 3.21. The van der Waals surface area contributed by atoms with Gasteiger partial charge in [0.15, 0.2) is 0 Å². The number of carbonyl (C=O) groups is 1. The fourth-order valence-corrected chi connectivity index (χ4v) is 1.21. The summed E-state index contributed by atoms with van der Waals surface area (Å²) in [4.78, 5) is 11.0. The molecule has 0 unspecified atom stereocenters. The van der Waals surface area contributed by atoms with Crippen LogP contribution in [0.5, 0.6) is 0 Å². The molecule has 0 aromatic heterocycles. The van der Waals surface area contributed by atoms with Crippen molar-refractivity contribution in [3.8, 4) is 0 Å². The molecular formula is C8H6BClF3KO2. The molecule has 0 aliphatic carbocycles. The molecule has 0 N–H and O–H groups in total. The third-order valence-electron chi connectivity index (χ3n) is 1.77. The van der Waals surface area contributed by atoms with Crippen LogP contribution in [0.1, 0.15) is 10.4 Å².